The third-order valence-corrected chi connectivity index (χ3v) is 8.16. The Labute approximate surface area is 214 Å². The monoisotopic (exact) mass is 478 g/mol. The number of nitrogens with zero attached hydrogens (tertiary/aromatic N) is 2. The minimum Gasteiger partial charge on any atom is -0.369 e. The summed E-state index contributed by atoms with van der Waals surface area (Å²) in [6.07, 6.45) is 9.55. The van der Waals surface area contributed by atoms with Crippen LogP contribution in [-0.2, 0) is 23.2 Å². The van der Waals surface area contributed by atoms with E-state index < -0.39 is 5.41 Å². The fraction of sp³-hybridized carbons (Fsp3) is 0.312. The third-order valence-electron chi connectivity index (χ3n) is 8.16. The maximum absolute atomic E-state index is 13.4. The first-order chi connectivity index (χ1) is 17.6. The van der Waals surface area contributed by atoms with Gasteiger partial charge in [-0.25, -0.2) is 9.13 Å². The van der Waals surface area contributed by atoms with Crippen molar-refractivity contribution in [1.82, 2.24) is 4.57 Å². The van der Waals surface area contributed by atoms with Crippen molar-refractivity contribution >= 4 is 5.91 Å². The summed E-state index contributed by atoms with van der Waals surface area (Å²) < 4.78 is 4.79. The molecule has 0 unspecified atom stereocenters. The minimum atomic E-state index is -0.829. The average molecular weight is 479 g/mol. The summed E-state index contributed by atoms with van der Waals surface area (Å²) in [6.45, 7) is 3.22. The largest absolute Gasteiger partial charge is 0.369 e. The summed E-state index contributed by atoms with van der Waals surface area (Å²) in [6, 6.07) is 31.3. The van der Waals surface area contributed by atoms with Crippen LogP contribution in [0.15, 0.2) is 103 Å². The molecular formula is C32H36N3O+. The number of carbonyl (C=O) groups excluding carboxylic acids is 1. The molecule has 1 amide bonds. The number of benzene rings is 3. The normalized spacial score (nSPS) is 17.8. The van der Waals surface area contributed by atoms with Crippen molar-refractivity contribution in [3.8, 4) is 0 Å². The number of aromatic nitrogens is 2. The lowest BCUT2D eigenvalue weighted by Gasteiger charge is -2.37. The van der Waals surface area contributed by atoms with Gasteiger partial charge in [0.05, 0.1) is 6.54 Å². The molecule has 1 aromatic heterocycles. The van der Waals surface area contributed by atoms with Gasteiger partial charge >= 0.3 is 0 Å². The summed E-state index contributed by atoms with van der Waals surface area (Å²) in [5.74, 6) is 1.15. The molecule has 1 saturated carbocycles. The molecule has 2 atom stereocenters. The number of hydrogen-bond donors (Lipinski definition) is 1. The predicted molar refractivity (Wildman–Crippen MR) is 143 cm³/mol. The molecule has 2 N–H and O–H groups in total. The van der Waals surface area contributed by atoms with Crippen LogP contribution in [0.1, 0.15) is 54.2 Å². The van der Waals surface area contributed by atoms with Gasteiger partial charge < -0.3 is 5.73 Å². The molecule has 4 heteroatoms. The molecule has 4 nitrogen and oxygen atoms in total. The number of hydrogen-bond acceptors (Lipinski definition) is 1. The Morgan fingerprint density at radius 1 is 0.917 bits per heavy atom. The van der Waals surface area contributed by atoms with Crippen LogP contribution in [0, 0.1) is 12.8 Å². The Kier molecular flexibility index (Phi) is 7.04. The fourth-order valence-electron chi connectivity index (χ4n) is 6.37. The van der Waals surface area contributed by atoms with Crippen LogP contribution in [0.25, 0.3) is 0 Å². The van der Waals surface area contributed by atoms with E-state index >= 15 is 0 Å². The molecule has 1 fully saturated rings. The highest BCUT2D eigenvalue weighted by molar-refractivity contribution is 5.91. The number of nitrogens with two attached hydrogens (primary N) is 1. The molecule has 1 aliphatic carbocycles. The van der Waals surface area contributed by atoms with Crippen LogP contribution in [0.3, 0.4) is 0 Å². The van der Waals surface area contributed by atoms with Crippen molar-refractivity contribution < 1.29 is 9.36 Å². The number of primary amides is 1. The lowest BCUT2D eigenvalue weighted by molar-refractivity contribution is -0.702. The first-order valence-electron chi connectivity index (χ1n) is 13.1. The highest BCUT2D eigenvalue weighted by Gasteiger charge is 2.51. The number of aryl methyl sites for hydroxylation is 2. The molecule has 1 aliphatic rings. The van der Waals surface area contributed by atoms with Gasteiger partial charge in [-0.3, -0.25) is 4.79 Å². The first kappa shape index (κ1) is 24.1. The van der Waals surface area contributed by atoms with E-state index in [-0.39, 0.29) is 11.8 Å². The van der Waals surface area contributed by atoms with Crippen molar-refractivity contribution in [2.75, 3.05) is 0 Å². The standard InChI is InChI=1S/C32H35N3O/c1-25-34(21-11-14-26-12-5-2-6-13-26)22-23-35(25)30-20-19-29(24-30)32(31(33)36,27-15-7-3-8-16-27)28-17-9-4-10-18-28/h2-10,12-13,15-18,22-23,29-30H,11,14,19-21,24H2,1H3,(H-,33,36)/p+1/t29-,30-/m1/s1. The van der Waals surface area contributed by atoms with Crippen molar-refractivity contribution in [2.45, 2.75) is 57.0 Å². The zero-order valence-electron chi connectivity index (χ0n) is 21.1. The summed E-state index contributed by atoms with van der Waals surface area (Å²) in [4.78, 5) is 13.4. The molecule has 1 heterocycles. The molecule has 36 heavy (non-hydrogen) atoms. The summed E-state index contributed by atoms with van der Waals surface area (Å²) in [5, 5.41) is 0. The van der Waals surface area contributed by atoms with E-state index in [2.05, 4.69) is 83.0 Å². The lowest BCUT2D eigenvalue weighted by atomic mass is 9.64. The van der Waals surface area contributed by atoms with Crippen LogP contribution in [0.5, 0.6) is 0 Å². The van der Waals surface area contributed by atoms with Crippen LogP contribution >= 0.6 is 0 Å². The van der Waals surface area contributed by atoms with E-state index in [0.717, 1.165) is 49.8 Å². The molecule has 5 rings (SSSR count). The molecular weight excluding hydrogens is 442 g/mol. The quantitative estimate of drug-likeness (QED) is 0.316. The van der Waals surface area contributed by atoms with Crippen LogP contribution in [0.4, 0.5) is 0 Å². The van der Waals surface area contributed by atoms with E-state index in [0.29, 0.717) is 6.04 Å². The van der Waals surface area contributed by atoms with Gasteiger partial charge in [-0.1, -0.05) is 91.0 Å². The fourth-order valence-corrected chi connectivity index (χ4v) is 6.37. The molecule has 184 valence electrons. The minimum absolute atomic E-state index is 0.137. The van der Waals surface area contributed by atoms with Gasteiger partial charge in [-0.15, -0.1) is 0 Å². The molecule has 0 spiro atoms. The summed E-state index contributed by atoms with van der Waals surface area (Å²) in [5.41, 5.74) is 8.83. The maximum Gasteiger partial charge on any atom is 0.253 e. The smallest absolute Gasteiger partial charge is 0.253 e. The van der Waals surface area contributed by atoms with Crippen molar-refractivity contribution in [3.63, 3.8) is 0 Å². The van der Waals surface area contributed by atoms with Gasteiger partial charge in [0.15, 0.2) is 0 Å². The maximum atomic E-state index is 13.4. The van der Waals surface area contributed by atoms with Crippen molar-refractivity contribution in [2.24, 2.45) is 11.7 Å². The van der Waals surface area contributed by atoms with Gasteiger partial charge in [0.1, 0.15) is 23.9 Å². The molecule has 0 radical (unpaired) electrons. The van der Waals surface area contributed by atoms with E-state index in [1.54, 1.807) is 0 Å². The van der Waals surface area contributed by atoms with Crippen molar-refractivity contribution in [3.05, 3.63) is 126 Å². The number of imidazole rings is 1. The topological polar surface area (TPSA) is 51.9 Å². The number of rotatable bonds is 9. The van der Waals surface area contributed by atoms with Crippen LogP contribution in [-0.4, -0.2) is 10.5 Å². The molecule has 3 aromatic carbocycles. The predicted octanol–water partition coefficient (Wildman–Crippen LogP) is 5.53. The Balaban J connectivity index is 1.38. The Morgan fingerprint density at radius 3 is 2.08 bits per heavy atom. The van der Waals surface area contributed by atoms with E-state index in [1.807, 2.05) is 36.4 Å². The second kappa shape index (κ2) is 10.5. The van der Waals surface area contributed by atoms with Gasteiger partial charge in [0, 0.05) is 6.92 Å². The molecule has 0 aliphatic heterocycles. The van der Waals surface area contributed by atoms with Crippen LogP contribution < -0.4 is 10.3 Å². The Morgan fingerprint density at radius 2 is 1.50 bits per heavy atom. The van der Waals surface area contributed by atoms with E-state index in [4.69, 9.17) is 5.73 Å². The first-order valence-corrected chi connectivity index (χ1v) is 13.1. The second-order valence-electron chi connectivity index (χ2n) is 10.1. The van der Waals surface area contributed by atoms with E-state index in [1.165, 1.54) is 11.4 Å². The van der Waals surface area contributed by atoms with Gasteiger partial charge in [0.25, 0.3) is 5.82 Å². The third kappa shape index (κ3) is 4.48. The number of amides is 1. The summed E-state index contributed by atoms with van der Waals surface area (Å²) in [7, 11) is 0. The van der Waals surface area contributed by atoms with Crippen molar-refractivity contribution in [1.29, 1.82) is 0 Å². The second-order valence-corrected chi connectivity index (χ2v) is 10.1. The van der Waals surface area contributed by atoms with E-state index in [9.17, 15) is 4.79 Å². The Hall–Kier alpha value is -3.66. The number of carbonyl (C=O) groups is 1. The SMILES string of the molecule is Cc1n([C@@H]2CC[C@@H](C(C(N)=O)(c3ccccc3)c3ccccc3)C2)cc[n+]1CCCc1ccccc1. The highest BCUT2D eigenvalue weighted by Crippen LogP contribution is 2.49. The Bertz CT molecular complexity index is 1240. The average Bonchev–Trinajstić information content (AvgIpc) is 3.53. The summed E-state index contributed by atoms with van der Waals surface area (Å²) >= 11 is 0. The van der Waals surface area contributed by atoms with Gasteiger partial charge in [0.2, 0.25) is 5.91 Å². The molecule has 0 saturated heterocycles. The zero-order chi connectivity index (χ0) is 25.0. The van der Waals surface area contributed by atoms with Gasteiger partial charge in [-0.2, -0.15) is 0 Å². The lowest BCUT2D eigenvalue weighted by Crippen LogP contribution is -2.47. The molecule has 4 aromatic rings. The molecule has 0 bridgehead atoms. The highest BCUT2D eigenvalue weighted by atomic mass is 16.1. The van der Waals surface area contributed by atoms with Gasteiger partial charge in [-0.05, 0) is 54.7 Å². The van der Waals surface area contributed by atoms with Crippen LogP contribution in [0.2, 0.25) is 0 Å². The zero-order valence-corrected chi connectivity index (χ0v) is 21.1.